The summed E-state index contributed by atoms with van der Waals surface area (Å²) in [6.45, 7) is 0. The Bertz CT molecular complexity index is 545. The van der Waals surface area contributed by atoms with E-state index in [9.17, 15) is 0 Å². The van der Waals surface area contributed by atoms with Crippen LogP contribution in [0.3, 0.4) is 0 Å². The normalized spacial score (nSPS) is 10.4. The van der Waals surface area contributed by atoms with Gasteiger partial charge in [-0.25, -0.2) is 0 Å². The molecule has 3 rings (SSSR count). The molecular weight excluding hydrogens is 226 g/mol. The summed E-state index contributed by atoms with van der Waals surface area (Å²) in [5, 5.41) is 0. The maximum atomic E-state index is 4.15. The molecule has 2 heterocycles. The van der Waals surface area contributed by atoms with Gasteiger partial charge in [0.15, 0.2) is 0 Å². The number of aromatic nitrogens is 1. The predicted molar refractivity (Wildman–Crippen MR) is 73.0 cm³/mol. The summed E-state index contributed by atoms with van der Waals surface area (Å²) < 4.78 is 0. The van der Waals surface area contributed by atoms with Gasteiger partial charge in [0.2, 0.25) is 0 Å². The number of rotatable bonds is 2. The largest absolute Gasteiger partial charge is 0.264 e. The fourth-order valence-corrected chi connectivity index (χ4v) is 2.76. The van der Waals surface area contributed by atoms with Crippen molar-refractivity contribution in [3.63, 3.8) is 0 Å². The van der Waals surface area contributed by atoms with Gasteiger partial charge in [-0.15, -0.1) is 11.3 Å². The van der Waals surface area contributed by atoms with Gasteiger partial charge in [-0.2, -0.15) is 0 Å². The van der Waals surface area contributed by atoms with Crippen LogP contribution in [0.4, 0.5) is 0 Å². The van der Waals surface area contributed by atoms with Crippen LogP contribution in [0.25, 0.3) is 20.9 Å². The molecule has 2 aromatic heterocycles. The molecule has 1 aromatic carbocycles. The highest BCUT2D eigenvalue weighted by Gasteiger charge is 2.03. The maximum absolute atomic E-state index is 4.15. The van der Waals surface area contributed by atoms with E-state index >= 15 is 0 Å². The van der Waals surface area contributed by atoms with Crippen LogP contribution in [0.1, 0.15) is 0 Å². The summed E-state index contributed by atoms with van der Waals surface area (Å²) in [6.07, 6.45) is 3.70. The Morgan fingerprint density at radius 2 is 1.41 bits per heavy atom. The van der Waals surface area contributed by atoms with Gasteiger partial charge < -0.3 is 0 Å². The standard InChI is InChI=1S/C15H11NS/c1-2-5-12(6-3-1)14-8-9-15(17-14)13-7-4-10-16-11-13/h1-11H. The second-order valence-corrected chi connectivity index (χ2v) is 4.86. The molecule has 0 aliphatic rings. The molecule has 82 valence electrons. The van der Waals surface area contributed by atoms with Crippen molar-refractivity contribution in [1.82, 2.24) is 4.98 Å². The minimum atomic E-state index is 1.18. The minimum Gasteiger partial charge on any atom is -0.264 e. The first kappa shape index (κ1) is 10.2. The minimum absolute atomic E-state index is 1.18. The second kappa shape index (κ2) is 4.52. The van der Waals surface area contributed by atoms with E-state index in [1.165, 1.54) is 20.9 Å². The molecule has 3 aromatic rings. The van der Waals surface area contributed by atoms with Crippen LogP contribution in [-0.2, 0) is 0 Å². The average Bonchev–Trinajstić information content (AvgIpc) is 2.90. The van der Waals surface area contributed by atoms with Crippen LogP contribution in [0, 0.1) is 0 Å². The molecule has 0 atom stereocenters. The van der Waals surface area contributed by atoms with Gasteiger partial charge in [0.05, 0.1) is 0 Å². The third-order valence-electron chi connectivity index (χ3n) is 2.61. The summed E-state index contributed by atoms with van der Waals surface area (Å²) in [5.74, 6) is 0. The van der Waals surface area contributed by atoms with Crippen LogP contribution >= 0.6 is 11.3 Å². The average molecular weight is 237 g/mol. The van der Waals surface area contributed by atoms with E-state index in [2.05, 4.69) is 47.4 Å². The number of hydrogen-bond donors (Lipinski definition) is 0. The van der Waals surface area contributed by atoms with Gasteiger partial charge in [0.25, 0.3) is 0 Å². The summed E-state index contributed by atoms with van der Waals surface area (Å²) in [6, 6.07) is 18.8. The first-order chi connectivity index (χ1) is 8.43. The summed E-state index contributed by atoms with van der Waals surface area (Å²) in [7, 11) is 0. The highest BCUT2D eigenvalue weighted by Crippen LogP contribution is 2.33. The molecule has 2 heteroatoms. The fourth-order valence-electron chi connectivity index (χ4n) is 1.76. The van der Waals surface area contributed by atoms with Crippen molar-refractivity contribution in [3.8, 4) is 20.9 Å². The number of hydrogen-bond acceptors (Lipinski definition) is 2. The van der Waals surface area contributed by atoms with E-state index in [1.807, 2.05) is 18.3 Å². The van der Waals surface area contributed by atoms with Gasteiger partial charge in [0.1, 0.15) is 0 Å². The molecule has 17 heavy (non-hydrogen) atoms. The summed E-state index contributed by atoms with van der Waals surface area (Å²) in [5.41, 5.74) is 2.45. The van der Waals surface area contributed by atoms with E-state index in [-0.39, 0.29) is 0 Å². The van der Waals surface area contributed by atoms with E-state index in [1.54, 1.807) is 17.5 Å². The molecule has 0 saturated carbocycles. The first-order valence-electron chi connectivity index (χ1n) is 5.49. The zero-order valence-corrected chi connectivity index (χ0v) is 10.0. The number of nitrogens with zero attached hydrogens (tertiary/aromatic N) is 1. The van der Waals surface area contributed by atoms with Gasteiger partial charge in [-0.05, 0) is 23.8 Å². The molecule has 0 unspecified atom stereocenters. The van der Waals surface area contributed by atoms with E-state index in [0.29, 0.717) is 0 Å². The van der Waals surface area contributed by atoms with Gasteiger partial charge in [-0.3, -0.25) is 4.98 Å². The Morgan fingerprint density at radius 3 is 2.12 bits per heavy atom. The maximum Gasteiger partial charge on any atom is 0.0364 e. The number of benzene rings is 1. The highest BCUT2D eigenvalue weighted by atomic mass is 32.1. The SMILES string of the molecule is c1ccc(-c2ccc(-c3cccnc3)s2)cc1. The van der Waals surface area contributed by atoms with Crippen LogP contribution in [0.2, 0.25) is 0 Å². The van der Waals surface area contributed by atoms with Crippen molar-refractivity contribution in [2.75, 3.05) is 0 Å². The lowest BCUT2D eigenvalue weighted by Gasteiger charge is -1.96. The molecule has 1 nitrogen and oxygen atoms in total. The molecular formula is C15H11NS. The van der Waals surface area contributed by atoms with Crippen molar-refractivity contribution in [2.45, 2.75) is 0 Å². The van der Waals surface area contributed by atoms with E-state index < -0.39 is 0 Å². The zero-order valence-electron chi connectivity index (χ0n) is 9.21. The van der Waals surface area contributed by atoms with Gasteiger partial charge in [0, 0.05) is 27.7 Å². The Morgan fingerprint density at radius 1 is 0.706 bits per heavy atom. The number of thiophene rings is 1. The predicted octanol–water partition coefficient (Wildman–Crippen LogP) is 4.48. The Kier molecular flexibility index (Phi) is 2.72. The molecule has 0 amide bonds. The first-order valence-corrected chi connectivity index (χ1v) is 6.31. The molecule has 0 aliphatic heterocycles. The van der Waals surface area contributed by atoms with Crippen molar-refractivity contribution in [3.05, 3.63) is 67.0 Å². The fraction of sp³-hybridized carbons (Fsp3) is 0. The van der Waals surface area contributed by atoms with Gasteiger partial charge >= 0.3 is 0 Å². The molecule has 0 N–H and O–H groups in total. The van der Waals surface area contributed by atoms with E-state index in [0.717, 1.165) is 0 Å². The smallest absolute Gasteiger partial charge is 0.0364 e. The quantitative estimate of drug-likeness (QED) is 0.640. The zero-order chi connectivity index (χ0) is 11.5. The van der Waals surface area contributed by atoms with Gasteiger partial charge in [-0.1, -0.05) is 36.4 Å². The highest BCUT2D eigenvalue weighted by molar-refractivity contribution is 7.18. The van der Waals surface area contributed by atoms with Crippen LogP contribution in [-0.4, -0.2) is 4.98 Å². The molecule has 0 saturated heterocycles. The van der Waals surface area contributed by atoms with E-state index in [4.69, 9.17) is 0 Å². The second-order valence-electron chi connectivity index (χ2n) is 3.77. The van der Waals surface area contributed by atoms with Crippen molar-refractivity contribution < 1.29 is 0 Å². The Labute approximate surface area is 104 Å². The third kappa shape index (κ3) is 2.12. The monoisotopic (exact) mass is 237 g/mol. The number of pyridine rings is 1. The van der Waals surface area contributed by atoms with Crippen molar-refractivity contribution in [1.29, 1.82) is 0 Å². The lowest BCUT2D eigenvalue weighted by atomic mass is 10.2. The van der Waals surface area contributed by atoms with Crippen molar-refractivity contribution >= 4 is 11.3 Å². The molecule has 0 spiro atoms. The topological polar surface area (TPSA) is 12.9 Å². The lowest BCUT2D eigenvalue weighted by molar-refractivity contribution is 1.33. The summed E-state index contributed by atoms with van der Waals surface area (Å²) in [4.78, 5) is 6.71. The lowest BCUT2D eigenvalue weighted by Crippen LogP contribution is -1.72. The Balaban J connectivity index is 1.99. The van der Waals surface area contributed by atoms with Crippen LogP contribution in [0.5, 0.6) is 0 Å². The molecule has 0 radical (unpaired) electrons. The Hall–Kier alpha value is -1.93. The third-order valence-corrected chi connectivity index (χ3v) is 3.79. The molecule has 0 fully saturated rings. The van der Waals surface area contributed by atoms with Crippen molar-refractivity contribution in [2.24, 2.45) is 0 Å². The molecule has 0 bridgehead atoms. The molecule has 0 aliphatic carbocycles. The van der Waals surface area contributed by atoms with Crippen LogP contribution < -0.4 is 0 Å². The van der Waals surface area contributed by atoms with Crippen LogP contribution in [0.15, 0.2) is 67.0 Å². The summed E-state index contributed by atoms with van der Waals surface area (Å²) >= 11 is 1.80.